The minimum atomic E-state index is -0.205. The summed E-state index contributed by atoms with van der Waals surface area (Å²) in [6.45, 7) is 1.44. The summed E-state index contributed by atoms with van der Waals surface area (Å²) < 4.78 is 18.6. The third kappa shape index (κ3) is 3.65. The molecule has 0 unspecified atom stereocenters. The molecule has 1 N–H and O–H groups in total. The largest absolute Gasteiger partial charge is 0.384 e. The van der Waals surface area contributed by atoms with Gasteiger partial charge in [-0.1, -0.05) is 30.3 Å². The highest BCUT2D eigenvalue weighted by Gasteiger charge is 2.06. The van der Waals surface area contributed by atoms with Gasteiger partial charge in [-0.05, 0) is 47.9 Å². The molecule has 2 nitrogen and oxygen atoms in total. The lowest BCUT2D eigenvalue weighted by atomic mass is 9.98. The van der Waals surface area contributed by atoms with Crippen molar-refractivity contribution < 1.29 is 9.13 Å². The normalized spacial score (nSPS) is 10.8. The van der Waals surface area contributed by atoms with E-state index in [0.29, 0.717) is 6.61 Å². The minimum Gasteiger partial charge on any atom is -0.384 e. The van der Waals surface area contributed by atoms with Crippen molar-refractivity contribution in [3.63, 3.8) is 0 Å². The van der Waals surface area contributed by atoms with Crippen molar-refractivity contribution >= 4 is 0 Å². The second-order valence-corrected chi connectivity index (χ2v) is 4.77. The third-order valence-corrected chi connectivity index (χ3v) is 3.30. The van der Waals surface area contributed by atoms with Gasteiger partial charge in [-0.3, -0.25) is 0 Å². The summed E-state index contributed by atoms with van der Waals surface area (Å²) in [7, 11) is 3.59. The summed E-state index contributed by atoms with van der Waals surface area (Å²) in [6, 6.07) is 13.2. The van der Waals surface area contributed by atoms with Crippen LogP contribution in [0.4, 0.5) is 4.39 Å². The van der Waals surface area contributed by atoms with Gasteiger partial charge in [0, 0.05) is 13.7 Å². The van der Waals surface area contributed by atoms with Gasteiger partial charge in [-0.15, -0.1) is 0 Å². The standard InChI is InChI=1S/C17H20FNO/c1-19-12-15-7-8-16(18)11-17(15)14-5-3-13(4-6-14)9-10-20-2/h3-8,11,19H,9-10,12H2,1-2H3. The van der Waals surface area contributed by atoms with Gasteiger partial charge in [-0.25, -0.2) is 4.39 Å². The molecule has 3 heteroatoms. The first-order chi connectivity index (χ1) is 9.74. The van der Waals surface area contributed by atoms with E-state index in [-0.39, 0.29) is 5.82 Å². The van der Waals surface area contributed by atoms with Crippen molar-refractivity contribution in [2.45, 2.75) is 13.0 Å². The summed E-state index contributed by atoms with van der Waals surface area (Å²) >= 11 is 0. The van der Waals surface area contributed by atoms with Gasteiger partial charge in [-0.2, -0.15) is 0 Å². The Bertz CT molecular complexity index is 551. The van der Waals surface area contributed by atoms with Gasteiger partial charge in [0.15, 0.2) is 0 Å². The fourth-order valence-corrected chi connectivity index (χ4v) is 2.23. The molecular weight excluding hydrogens is 253 g/mol. The highest BCUT2D eigenvalue weighted by molar-refractivity contribution is 5.67. The van der Waals surface area contributed by atoms with Crippen LogP contribution >= 0.6 is 0 Å². The van der Waals surface area contributed by atoms with Gasteiger partial charge < -0.3 is 10.1 Å². The van der Waals surface area contributed by atoms with Gasteiger partial charge in [0.2, 0.25) is 0 Å². The number of rotatable bonds is 6. The Labute approximate surface area is 119 Å². The van der Waals surface area contributed by atoms with Crippen molar-refractivity contribution in [1.29, 1.82) is 0 Å². The topological polar surface area (TPSA) is 21.3 Å². The first kappa shape index (κ1) is 14.7. The van der Waals surface area contributed by atoms with E-state index in [0.717, 1.165) is 29.7 Å². The van der Waals surface area contributed by atoms with Crippen LogP contribution in [0.25, 0.3) is 11.1 Å². The predicted molar refractivity (Wildman–Crippen MR) is 80.2 cm³/mol. The second kappa shape index (κ2) is 7.17. The van der Waals surface area contributed by atoms with Gasteiger partial charge in [0.05, 0.1) is 6.61 Å². The van der Waals surface area contributed by atoms with Crippen molar-refractivity contribution in [3.8, 4) is 11.1 Å². The van der Waals surface area contributed by atoms with Crippen LogP contribution in [-0.2, 0) is 17.7 Å². The maximum atomic E-state index is 13.5. The van der Waals surface area contributed by atoms with E-state index in [1.807, 2.05) is 25.2 Å². The van der Waals surface area contributed by atoms with E-state index in [2.05, 4.69) is 17.4 Å². The van der Waals surface area contributed by atoms with Crippen LogP contribution in [-0.4, -0.2) is 20.8 Å². The molecule has 20 heavy (non-hydrogen) atoms. The maximum absolute atomic E-state index is 13.5. The summed E-state index contributed by atoms with van der Waals surface area (Å²) in [5.74, 6) is -0.205. The lowest BCUT2D eigenvalue weighted by Gasteiger charge is -2.10. The molecule has 0 radical (unpaired) electrons. The Hall–Kier alpha value is -1.71. The maximum Gasteiger partial charge on any atom is 0.123 e. The molecular formula is C17H20FNO. The monoisotopic (exact) mass is 273 g/mol. The second-order valence-electron chi connectivity index (χ2n) is 4.77. The van der Waals surface area contributed by atoms with Gasteiger partial charge in [0.1, 0.15) is 5.82 Å². The summed E-state index contributed by atoms with van der Waals surface area (Å²) in [6.07, 6.45) is 0.892. The number of ether oxygens (including phenoxy) is 1. The molecule has 2 aromatic carbocycles. The molecule has 2 rings (SSSR count). The lowest BCUT2D eigenvalue weighted by molar-refractivity contribution is 0.202. The van der Waals surface area contributed by atoms with E-state index in [1.54, 1.807) is 13.2 Å². The molecule has 0 aliphatic heterocycles. The van der Waals surface area contributed by atoms with E-state index >= 15 is 0 Å². The Morgan fingerprint density at radius 1 is 1.10 bits per heavy atom. The smallest absolute Gasteiger partial charge is 0.123 e. The van der Waals surface area contributed by atoms with Crippen LogP contribution in [0.1, 0.15) is 11.1 Å². The van der Waals surface area contributed by atoms with Crippen molar-refractivity contribution in [2.24, 2.45) is 0 Å². The lowest BCUT2D eigenvalue weighted by Crippen LogP contribution is -2.06. The molecule has 0 heterocycles. The molecule has 0 bridgehead atoms. The zero-order valence-electron chi connectivity index (χ0n) is 11.9. The van der Waals surface area contributed by atoms with E-state index in [1.165, 1.54) is 11.6 Å². The van der Waals surface area contributed by atoms with E-state index in [9.17, 15) is 4.39 Å². The SMILES string of the molecule is CNCc1ccc(F)cc1-c1ccc(CCOC)cc1. The Morgan fingerprint density at radius 3 is 2.50 bits per heavy atom. The average molecular weight is 273 g/mol. The molecule has 0 fully saturated rings. The number of halogens is 1. The number of nitrogens with one attached hydrogen (secondary N) is 1. The molecule has 0 aliphatic carbocycles. The zero-order chi connectivity index (χ0) is 14.4. The van der Waals surface area contributed by atoms with E-state index < -0.39 is 0 Å². The molecule has 0 spiro atoms. The van der Waals surface area contributed by atoms with Crippen LogP contribution in [0.3, 0.4) is 0 Å². The fourth-order valence-electron chi connectivity index (χ4n) is 2.23. The molecule has 0 saturated carbocycles. The first-order valence-corrected chi connectivity index (χ1v) is 6.76. The molecule has 0 aromatic heterocycles. The molecule has 106 valence electrons. The molecule has 0 atom stereocenters. The molecule has 0 amide bonds. The van der Waals surface area contributed by atoms with Crippen LogP contribution < -0.4 is 5.32 Å². The quantitative estimate of drug-likeness (QED) is 0.871. The Morgan fingerprint density at radius 2 is 1.85 bits per heavy atom. The number of benzene rings is 2. The summed E-state index contributed by atoms with van der Waals surface area (Å²) in [4.78, 5) is 0. The van der Waals surface area contributed by atoms with Crippen molar-refractivity contribution in [2.75, 3.05) is 20.8 Å². The summed E-state index contributed by atoms with van der Waals surface area (Å²) in [5.41, 5.74) is 4.30. The highest BCUT2D eigenvalue weighted by Crippen LogP contribution is 2.25. The van der Waals surface area contributed by atoms with Crippen LogP contribution in [0.5, 0.6) is 0 Å². The number of hydrogen-bond acceptors (Lipinski definition) is 2. The number of methoxy groups -OCH3 is 1. The van der Waals surface area contributed by atoms with Crippen molar-refractivity contribution in [1.82, 2.24) is 5.32 Å². The fraction of sp³-hybridized carbons (Fsp3) is 0.294. The Kier molecular flexibility index (Phi) is 5.27. The van der Waals surface area contributed by atoms with Crippen LogP contribution in [0.15, 0.2) is 42.5 Å². The first-order valence-electron chi connectivity index (χ1n) is 6.76. The van der Waals surface area contributed by atoms with Crippen LogP contribution in [0.2, 0.25) is 0 Å². The molecule has 2 aromatic rings. The predicted octanol–water partition coefficient (Wildman–Crippen LogP) is 3.40. The average Bonchev–Trinajstić information content (AvgIpc) is 2.48. The number of hydrogen-bond donors (Lipinski definition) is 1. The van der Waals surface area contributed by atoms with Crippen LogP contribution in [0, 0.1) is 5.82 Å². The van der Waals surface area contributed by atoms with Gasteiger partial charge in [0.25, 0.3) is 0 Å². The molecule has 0 aliphatic rings. The minimum absolute atomic E-state index is 0.205. The molecule has 0 saturated heterocycles. The van der Waals surface area contributed by atoms with E-state index in [4.69, 9.17) is 4.74 Å². The summed E-state index contributed by atoms with van der Waals surface area (Å²) in [5, 5.41) is 3.11. The van der Waals surface area contributed by atoms with Crippen molar-refractivity contribution in [3.05, 3.63) is 59.4 Å². The zero-order valence-corrected chi connectivity index (χ0v) is 11.9. The Balaban J connectivity index is 2.28. The third-order valence-electron chi connectivity index (χ3n) is 3.30. The van der Waals surface area contributed by atoms with Gasteiger partial charge >= 0.3 is 0 Å². The highest BCUT2D eigenvalue weighted by atomic mass is 19.1.